The van der Waals surface area contributed by atoms with Crippen LogP contribution in [0.4, 0.5) is 0 Å². The van der Waals surface area contributed by atoms with Crippen LogP contribution in [0.5, 0.6) is 0 Å². The average Bonchev–Trinajstić information content (AvgIpc) is 2.65. The molecule has 0 aliphatic carbocycles. The highest BCUT2D eigenvalue weighted by Gasteiger charge is 2.34. The Labute approximate surface area is 104 Å². The molecule has 2 aliphatic rings. The van der Waals surface area contributed by atoms with Crippen LogP contribution in [0.25, 0.3) is 0 Å². The van der Waals surface area contributed by atoms with Crippen LogP contribution in [-0.2, 0) is 9.63 Å². The first-order valence-corrected chi connectivity index (χ1v) is 6.83. The Kier molecular flexibility index (Phi) is 4.40. The van der Waals surface area contributed by atoms with E-state index >= 15 is 0 Å². The van der Waals surface area contributed by atoms with Gasteiger partial charge in [0, 0.05) is 25.0 Å². The lowest BCUT2D eigenvalue weighted by Gasteiger charge is -2.30. The number of nitrogens with zero attached hydrogens (tertiary/aromatic N) is 1. The lowest BCUT2D eigenvalue weighted by molar-refractivity contribution is -0.177. The summed E-state index contributed by atoms with van der Waals surface area (Å²) in [5.74, 6) is 0.705. The highest BCUT2D eigenvalue weighted by atomic mass is 16.7. The number of fused-ring (bicyclic) bond motifs is 2. The van der Waals surface area contributed by atoms with Crippen molar-refractivity contribution < 1.29 is 9.63 Å². The smallest absolute Gasteiger partial charge is 0.246 e. The zero-order valence-electron chi connectivity index (χ0n) is 10.9. The van der Waals surface area contributed by atoms with Crippen molar-refractivity contribution in [1.82, 2.24) is 10.4 Å². The number of hydrogen-bond donors (Lipinski definition) is 1. The van der Waals surface area contributed by atoms with Gasteiger partial charge in [0.1, 0.15) is 0 Å². The van der Waals surface area contributed by atoms with Gasteiger partial charge in [0.15, 0.2) is 0 Å². The van der Waals surface area contributed by atoms with Crippen molar-refractivity contribution in [2.75, 3.05) is 13.7 Å². The minimum Gasteiger partial charge on any atom is -0.311 e. The molecule has 2 aliphatic heterocycles. The van der Waals surface area contributed by atoms with Crippen LogP contribution in [0.1, 0.15) is 45.4 Å². The maximum atomic E-state index is 12.0. The van der Waals surface area contributed by atoms with Crippen molar-refractivity contribution in [2.45, 2.75) is 57.5 Å². The summed E-state index contributed by atoms with van der Waals surface area (Å²) in [5, 5.41) is 5.12. The van der Waals surface area contributed by atoms with Gasteiger partial charge in [-0.2, -0.15) is 0 Å². The van der Waals surface area contributed by atoms with Gasteiger partial charge in [-0.3, -0.25) is 9.63 Å². The van der Waals surface area contributed by atoms with Crippen molar-refractivity contribution in [2.24, 2.45) is 5.92 Å². The minimum absolute atomic E-state index is 0.153. The Morgan fingerprint density at radius 1 is 1.35 bits per heavy atom. The molecule has 2 bridgehead atoms. The van der Waals surface area contributed by atoms with Crippen LogP contribution in [0.3, 0.4) is 0 Å². The average molecular weight is 240 g/mol. The van der Waals surface area contributed by atoms with Crippen molar-refractivity contribution in [1.29, 1.82) is 0 Å². The van der Waals surface area contributed by atoms with Crippen molar-refractivity contribution >= 4 is 5.91 Å². The molecule has 4 heteroatoms. The number of rotatable bonds is 5. The molecule has 1 N–H and O–H groups in total. The van der Waals surface area contributed by atoms with Gasteiger partial charge in [-0.1, -0.05) is 6.92 Å². The molecular formula is C13H24N2O2. The lowest BCUT2D eigenvalue weighted by Crippen LogP contribution is -2.40. The molecule has 2 atom stereocenters. The fourth-order valence-electron chi connectivity index (χ4n) is 3.21. The van der Waals surface area contributed by atoms with E-state index in [0.29, 0.717) is 31.0 Å². The summed E-state index contributed by atoms with van der Waals surface area (Å²) in [6.07, 6.45) is 6.49. The molecule has 0 aromatic rings. The van der Waals surface area contributed by atoms with E-state index < -0.39 is 0 Å². The van der Waals surface area contributed by atoms with Gasteiger partial charge >= 0.3 is 0 Å². The van der Waals surface area contributed by atoms with E-state index in [1.54, 1.807) is 7.11 Å². The van der Waals surface area contributed by atoms with Gasteiger partial charge in [-0.25, -0.2) is 5.06 Å². The number of hydrogen-bond acceptors (Lipinski definition) is 3. The summed E-state index contributed by atoms with van der Waals surface area (Å²) in [6, 6.07) is 1.32. The predicted molar refractivity (Wildman–Crippen MR) is 66.3 cm³/mol. The molecule has 2 rings (SSSR count). The Morgan fingerprint density at radius 3 is 2.53 bits per heavy atom. The Morgan fingerprint density at radius 2 is 2.00 bits per heavy atom. The third-order valence-electron chi connectivity index (χ3n) is 3.96. The van der Waals surface area contributed by atoms with Crippen molar-refractivity contribution in [3.8, 4) is 0 Å². The van der Waals surface area contributed by atoms with Crippen molar-refractivity contribution in [3.63, 3.8) is 0 Å². The summed E-state index contributed by atoms with van der Waals surface area (Å²) >= 11 is 0. The normalized spacial score (nSPS) is 31.5. The maximum Gasteiger partial charge on any atom is 0.246 e. The van der Waals surface area contributed by atoms with Crippen LogP contribution < -0.4 is 5.32 Å². The van der Waals surface area contributed by atoms with E-state index in [1.165, 1.54) is 17.9 Å². The first kappa shape index (κ1) is 12.8. The molecule has 1 amide bonds. The summed E-state index contributed by atoms with van der Waals surface area (Å²) in [5.41, 5.74) is 0. The largest absolute Gasteiger partial charge is 0.311 e. The highest BCUT2D eigenvalue weighted by molar-refractivity contribution is 5.75. The third-order valence-corrected chi connectivity index (χ3v) is 3.96. The van der Waals surface area contributed by atoms with Gasteiger partial charge in [-0.05, 0) is 38.0 Å². The van der Waals surface area contributed by atoms with E-state index in [1.807, 2.05) is 0 Å². The molecule has 2 fully saturated rings. The van der Waals surface area contributed by atoms with Gasteiger partial charge in [-0.15, -0.1) is 0 Å². The van der Waals surface area contributed by atoms with Crippen LogP contribution >= 0.6 is 0 Å². The first-order valence-electron chi connectivity index (χ1n) is 6.83. The Hall–Kier alpha value is -0.610. The summed E-state index contributed by atoms with van der Waals surface area (Å²) in [6.45, 7) is 2.76. The molecule has 0 saturated carbocycles. The molecule has 4 nitrogen and oxygen atoms in total. The standard InChI is InChI=1S/C13H24N2O2/c1-3-6-15(17-2)13(16)9-10-7-11-4-5-12(8-10)14-11/h10-12,14H,3-9H2,1-2H3. The van der Waals surface area contributed by atoms with E-state index in [4.69, 9.17) is 4.84 Å². The number of amides is 1. The van der Waals surface area contributed by atoms with Crippen LogP contribution in [-0.4, -0.2) is 36.7 Å². The molecule has 0 aromatic carbocycles. The molecule has 2 saturated heterocycles. The number of carbonyl (C=O) groups is 1. The molecule has 0 radical (unpaired) electrons. The lowest BCUT2D eigenvalue weighted by atomic mass is 9.89. The molecular weight excluding hydrogens is 216 g/mol. The number of carbonyl (C=O) groups excluding carboxylic acids is 1. The second-order valence-electron chi connectivity index (χ2n) is 5.36. The zero-order chi connectivity index (χ0) is 12.3. The van der Waals surface area contributed by atoms with Gasteiger partial charge in [0.05, 0.1) is 7.11 Å². The monoisotopic (exact) mass is 240 g/mol. The summed E-state index contributed by atoms with van der Waals surface area (Å²) < 4.78 is 0. The Bertz CT molecular complexity index is 258. The minimum atomic E-state index is 0.153. The SMILES string of the molecule is CCCN(OC)C(=O)CC1CC2CCC(C1)N2. The molecule has 98 valence electrons. The van der Waals surface area contributed by atoms with E-state index in [0.717, 1.165) is 19.3 Å². The van der Waals surface area contributed by atoms with Crippen molar-refractivity contribution in [3.05, 3.63) is 0 Å². The van der Waals surface area contributed by atoms with Crippen LogP contribution in [0, 0.1) is 5.92 Å². The van der Waals surface area contributed by atoms with E-state index in [9.17, 15) is 4.79 Å². The Balaban J connectivity index is 1.81. The highest BCUT2D eigenvalue weighted by Crippen LogP contribution is 2.32. The zero-order valence-corrected chi connectivity index (χ0v) is 10.9. The number of piperidine rings is 1. The summed E-state index contributed by atoms with van der Waals surface area (Å²) in [7, 11) is 1.58. The molecule has 2 unspecified atom stereocenters. The number of hydroxylamine groups is 2. The fraction of sp³-hybridized carbons (Fsp3) is 0.923. The van der Waals surface area contributed by atoms with Crippen LogP contribution in [0.2, 0.25) is 0 Å². The van der Waals surface area contributed by atoms with Gasteiger partial charge in [0.25, 0.3) is 0 Å². The second kappa shape index (κ2) is 5.83. The molecule has 2 heterocycles. The third kappa shape index (κ3) is 3.19. The van der Waals surface area contributed by atoms with Gasteiger partial charge < -0.3 is 5.32 Å². The molecule has 0 spiro atoms. The van der Waals surface area contributed by atoms with Crippen LogP contribution in [0.15, 0.2) is 0 Å². The maximum absolute atomic E-state index is 12.0. The van der Waals surface area contributed by atoms with E-state index in [2.05, 4.69) is 12.2 Å². The summed E-state index contributed by atoms with van der Waals surface area (Å²) in [4.78, 5) is 17.2. The van der Waals surface area contributed by atoms with E-state index in [-0.39, 0.29) is 5.91 Å². The predicted octanol–water partition coefficient (Wildman–Crippen LogP) is 1.71. The topological polar surface area (TPSA) is 41.6 Å². The molecule has 0 aromatic heterocycles. The quantitative estimate of drug-likeness (QED) is 0.744. The molecule has 17 heavy (non-hydrogen) atoms. The first-order chi connectivity index (χ1) is 8.22. The second-order valence-corrected chi connectivity index (χ2v) is 5.36. The fourth-order valence-corrected chi connectivity index (χ4v) is 3.21. The van der Waals surface area contributed by atoms with Gasteiger partial charge in [0.2, 0.25) is 5.91 Å². The number of nitrogens with one attached hydrogen (secondary N) is 1.